The Morgan fingerprint density at radius 2 is 1.91 bits per heavy atom. The molecule has 1 aromatic carbocycles. The number of rotatable bonds is 4. The van der Waals surface area contributed by atoms with Gasteiger partial charge in [0.25, 0.3) is 5.56 Å². The molecule has 0 atom stereocenters. The summed E-state index contributed by atoms with van der Waals surface area (Å²) in [5.74, 6) is -4.15. The fourth-order valence-corrected chi connectivity index (χ4v) is 4.76. The van der Waals surface area contributed by atoms with Gasteiger partial charge in [0.15, 0.2) is 5.13 Å². The first-order valence-corrected chi connectivity index (χ1v) is 10.7. The van der Waals surface area contributed by atoms with Crippen LogP contribution in [0.15, 0.2) is 32.5 Å². The topological polar surface area (TPSA) is 96.8 Å². The highest BCUT2D eigenvalue weighted by atomic mass is 32.1. The Balaban J connectivity index is 1.58. The van der Waals surface area contributed by atoms with Gasteiger partial charge in [-0.25, -0.2) is 18.6 Å². The summed E-state index contributed by atoms with van der Waals surface area (Å²) in [6.07, 6.45) is -5.48. The number of nitrogens with one attached hydrogen (secondary N) is 2. The molecule has 4 aromatic rings. The van der Waals surface area contributed by atoms with Gasteiger partial charge in [-0.15, -0.1) is 22.7 Å². The SMILES string of the molecule is Cn1c(=O)[nH]c2scc(CC(=O)Nc3nc(-c4ccc(F)c(C(F)(F)F)c4F)cs3)c2c1=O. The zero-order valence-electron chi connectivity index (χ0n) is 16.3. The van der Waals surface area contributed by atoms with Gasteiger partial charge in [-0.3, -0.25) is 19.1 Å². The fraction of sp³-hybridized carbons (Fsp3) is 0.158. The van der Waals surface area contributed by atoms with E-state index in [0.717, 1.165) is 33.3 Å². The minimum absolute atomic E-state index is 0.0341. The van der Waals surface area contributed by atoms with Gasteiger partial charge in [0.1, 0.15) is 22.0 Å². The van der Waals surface area contributed by atoms with Crippen LogP contribution in [0.2, 0.25) is 0 Å². The van der Waals surface area contributed by atoms with Crippen molar-refractivity contribution in [1.29, 1.82) is 0 Å². The lowest BCUT2D eigenvalue weighted by atomic mass is 10.1. The molecule has 0 fully saturated rings. The van der Waals surface area contributed by atoms with Crippen LogP contribution in [0.25, 0.3) is 21.5 Å². The number of carbonyl (C=O) groups excluding carboxylic acids is 1. The highest BCUT2D eigenvalue weighted by Gasteiger charge is 2.39. The molecule has 3 heterocycles. The summed E-state index contributed by atoms with van der Waals surface area (Å²) >= 11 is 1.91. The number of hydrogen-bond donors (Lipinski definition) is 2. The van der Waals surface area contributed by atoms with Crippen molar-refractivity contribution in [3.05, 3.63) is 66.5 Å². The number of nitrogens with zero attached hydrogens (tertiary/aromatic N) is 2. The van der Waals surface area contributed by atoms with E-state index in [-0.39, 0.29) is 22.6 Å². The van der Waals surface area contributed by atoms with Crippen molar-refractivity contribution < 1.29 is 26.7 Å². The number of anilines is 1. The first kappa shape index (κ1) is 22.8. The van der Waals surface area contributed by atoms with Crippen LogP contribution in [-0.2, 0) is 24.4 Å². The van der Waals surface area contributed by atoms with Gasteiger partial charge in [0, 0.05) is 18.0 Å². The quantitative estimate of drug-likeness (QED) is 0.414. The minimum Gasteiger partial charge on any atom is -0.302 e. The van der Waals surface area contributed by atoms with E-state index >= 15 is 0 Å². The lowest BCUT2D eigenvalue weighted by Gasteiger charge is -2.11. The van der Waals surface area contributed by atoms with Crippen LogP contribution in [0.4, 0.5) is 27.1 Å². The second-order valence-electron chi connectivity index (χ2n) is 6.80. The Morgan fingerprint density at radius 1 is 1.18 bits per heavy atom. The van der Waals surface area contributed by atoms with Gasteiger partial charge in [0.05, 0.1) is 17.5 Å². The Hall–Kier alpha value is -3.39. The molecule has 172 valence electrons. The zero-order chi connectivity index (χ0) is 24.1. The van der Waals surface area contributed by atoms with E-state index in [0.29, 0.717) is 16.5 Å². The second kappa shape index (κ2) is 8.19. The van der Waals surface area contributed by atoms with Gasteiger partial charge in [-0.1, -0.05) is 0 Å². The third kappa shape index (κ3) is 4.18. The smallest absolute Gasteiger partial charge is 0.302 e. The molecule has 0 spiro atoms. The molecule has 0 unspecified atom stereocenters. The van der Waals surface area contributed by atoms with Gasteiger partial charge in [-0.2, -0.15) is 13.2 Å². The highest BCUT2D eigenvalue weighted by molar-refractivity contribution is 7.17. The summed E-state index contributed by atoms with van der Waals surface area (Å²) in [7, 11) is 1.29. The molecule has 0 aliphatic heterocycles. The average Bonchev–Trinajstić information content (AvgIpc) is 3.32. The van der Waals surface area contributed by atoms with Gasteiger partial charge >= 0.3 is 11.9 Å². The summed E-state index contributed by atoms with van der Waals surface area (Å²) < 4.78 is 67.6. The van der Waals surface area contributed by atoms with Crippen molar-refractivity contribution in [1.82, 2.24) is 14.5 Å². The zero-order valence-corrected chi connectivity index (χ0v) is 18.0. The molecule has 7 nitrogen and oxygen atoms in total. The maximum atomic E-state index is 14.3. The van der Waals surface area contributed by atoms with E-state index in [1.165, 1.54) is 12.4 Å². The third-order valence-corrected chi connectivity index (χ3v) is 6.36. The number of aromatic amines is 1. The molecule has 14 heteroatoms. The number of fused-ring (bicyclic) bond motifs is 1. The summed E-state index contributed by atoms with van der Waals surface area (Å²) in [5.41, 5.74) is -3.62. The molecule has 0 saturated carbocycles. The molecule has 4 rings (SSSR count). The number of thiazole rings is 1. The predicted molar refractivity (Wildman–Crippen MR) is 112 cm³/mol. The van der Waals surface area contributed by atoms with E-state index in [1.54, 1.807) is 5.38 Å². The molecule has 0 bridgehead atoms. The number of aromatic nitrogens is 3. The monoisotopic (exact) mass is 502 g/mol. The van der Waals surface area contributed by atoms with Crippen LogP contribution in [0.5, 0.6) is 0 Å². The van der Waals surface area contributed by atoms with Crippen molar-refractivity contribution in [2.24, 2.45) is 7.05 Å². The molecule has 3 aromatic heterocycles. The maximum Gasteiger partial charge on any atom is 0.422 e. The summed E-state index contributed by atoms with van der Waals surface area (Å²) in [4.78, 5) is 43.2. The number of halogens is 5. The van der Waals surface area contributed by atoms with Gasteiger partial charge < -0.3 is 5.32 Å². The van der Waals surface area contributed by atoms with E-state index in [9.17, 15) is 36.3 Å². The molecule has 2 N–H and O–H groups in total. The fourth-order valence-electron chi connectivity index (χ4n) is 3.09. The Bertz CT molecular complexity index is 1520. The van der Waals surface area contributed by atoms with Crippen LogP contribution in [0.1, 0.15) is 11.1 Å². The van der Waals surface area contributed by atoms with Crippen molar-refractivity contribution in [2.75, 3.05) is 5.32 Å². The number of hydrogen-bond acceptors (Lipinski definition) is 6. The normalized spacial score (nSPS) is 11.8. The average molecular weight is 502 g/mol. The maximum absolute atomic E-state index is 14.3. The van der Waals surface area contributed by atoms with E-state index < -0.39 is 46.1 Å². The van der Waals surface area contributed by atoms with Gasteiger partial charge in [-0.05, 0) is 23.1 Å². The summed E-state index contributed by atoms with van der Waals surface area (Å²) in [6.45, 7) is 0. The van der Waals surface area contributed by atoms with E-state index in [4.69, 9.17) is 0 Å². The number of benzene rings is 1. The summed E-state index contributed by atoms with van der Waals surface area (Å²) in [5, 5.41) is 5.34. The first-order valence-electron chi connectivity index (χ1n) is 8.97. The van der Waals surface area contributed by atoms with Crippen LogP contribution < -0.4 is 16.6 Å². The largest absolute Gasteiger partial charge is 0.422 e. The Morgan fingerprint density at radius 3 is 2.61 bits per heavy atom. The second-order valence-corrected chi connectivity index (χ2v) is 8.54. The standard InChI is InChI=1S/C19H11F5N4O3S2/c1-28-16(30)12-7(5-32-15(12)27-18(28)31)4-11(29)26-17-25-10(6-33-17)8-2-3-9(20)13(14(8)21)19(22,23)24/h2-3,5-6H,4H2,1H3,(H,27,31)(H,25,26,29). The molecular weight excluding hydrogens is 491 g/mol. The molecule has 0 radical (unpaired) electrons. The minimum atomic E-state index is -5.23. The molecular formula is C19H11F5N4O3S2. The molecule has 33 heavy (non-hydrogen) atoms. The summed E-state index contributed by atoms with van der Waals surface area (Å²) in [6, 6.07) is 1.32. The number of carbonyl (C=O) groups is 1. The molecule has 0 saturated heterocycles. The van der Waals surface area contributed by atoms with Crippen molar-refractivity contribution >= 4 is 43.9 Å². The van der Waals surface area contributed by atoms with Crippen molar-refractivity contribution in [2.45, 2.75) is 12.6 Å². The van der Waals surface area contributed by atoms with Gasteiger partial charge in [0.2, 0.25) is 5.91 Å². The lowest BCUT2D eigenvalue weighted by Crippen LogP contribution is -2.32. The predicted octanol–water partition coefficient (Wildman–Crippen LogP) is 3.89. The first-order chi connectivity index (χ1) is 15.5. The number of alkyl halides is 3. The third-order valence-electron chi connectivity index (χ3n) is 4.66. The van der Waals surface area contributed by atoms with Crippen LogP contribution in [-0.4, -0.2) is 20.4 Å². The molecule has 1 amide bonds. The van der Waals surface area contributed by atoms with E-state index in [1.807, 2.05) is 0 Å². The number of H-pyrrole nitrogens is 1. The molecule has 0 aliphatic carbocycles. The van der Waals surface area contributed by atoms with Crippen LogP contribution >= 0.6 is 22.7 Å². The number of amides is 1. The van der Waals surface area contributed by atoms with Crippen molar-refractivity contribution in [3.8, 4) is 11.3 Å². The van der Waals surface area contributed by atoms with Crippen LogP contribution in [0, 0.1) is 11.6 Å². The Kier molecular flexibility index (Phi) is 5.66. The molecule has 0 aliphatic rings. The highest BCUT2D eigenvalue weighted by Crippen LogP contribution is 2.38. The lowest BCUT2D eigenvalue weighted by molar-refractivity contribution is -0.142. The van der Waals surface area contributed by atoms with Crippen molar-refractivity contribution in [3.63, 3.8) is 0 Å². The Labute approximate surface area is 188 Å². The van der Waals surface area contributed by atoms with E-state index in [2.05, 4.69) is 15.3 Å². The number of thiophene rings is 1. The van der Waals surface area contributed by atoms with Crippen LogP contribution in [0.3, 0.4) is 0 Å².